The summed E-state index contributed by atoms with van der Waals surface area (Å²) in [6.45, 7) is 3.56. The minimum Gasteiger partial charge on any atom is -0.351 e. The third kappa shape index (κ3) is 1.98. The minimum atomic E-state index is -0.670. The molecular weight excluding hydrogens is 180 g/mol. The van der Waals surface area contributed by atoms with E-state index in [4.69, 9.17) is 5.73 Å². The van der Waals surface area contributed by atoms with Gasteiger partial charge in [-0.1, -0.05) is 24.8 Å². The number of anilines is 1. The predicted octanol–water partition coefficient (Wildman–Crippen LogP) is 1.63. The van der Waals surface area contributed by atoms with Crippen LogP contribution in [0, 0.1) is 0 Å². The summed E-state index contributed by atoms with van der Waals surface area (Å²) in [7, 11) is 0. The minimum absolute atomic E-state index is 0.464. The van der Waals surface area contributed by atoms with Crippen LogP contribution in [-0.2, 0) is 0 Å². The predicted molar refractivity (Wildman–Crippen MR) is 55.1 cm³/mol. The summed E-state index contributed by atoms with van der Waals surface area (Å²) in [6, 6.07) is 4.27. The first-order valence-electron chi connectivity index (χ1n) is 3.96. The molecule has 72 valence electrons. The van der Waals surface area contributed by atoms with Crippen LogP contribution in [0.1, 0.15) is 15.9 Å². The molecule has 0 radical (unpaired) electrons. The van der Waals surface area contributed by atoms with Crippen LogP contribution in [0.5, 0.6) is 0 Å². The van der Waals surface area contributed by atoms with E-state index in [0.29, 0.717) is 23.1 Å². The second-order valence-corrected chi connectivity index (χ2v) is 2.62. The zero-order valence-corrected chi connectivity index (χ0v) is 7.49. The fraction of sp³-hybridized carbons (Fsp3) is 0. The van der Waals surface area contributed by atoms with E-state index in [1.807, 2.05) is 0 Å². The number of urea groups is 1. The van der Waals surface area contributed by atoms with Crippen LogP contribution in [0.2, 0.25) is 0 Å². The lowest BCUT2D eigenvalue weighted by molar-refractivity contribution is 0.112. The van der Waals surface area contributed by atoms with Gasteiger partial charge in [0.05, 0.1) is 5.69 Å². The molecule has 1 rings (SSSR count). The third-order valence-corrected chi connectivity index (χ3v) is 1.73. The summed E-state index contributed by atoms with van der Waals surface area (Å²) in [5.41, 5.74) is 6.49. The van der Waals surface area contributed by atoms with E-state index in [9.17, 15) is 9.59 Å². The standard InChI is InChI=1S/C10H10N2O2/c1-2-8-7(6-13)4-3-5-9(8)12-10(11)14/h2-6H,1H2,(H3,11,12,14). The number of benzene rings is 1. The van der Waals surface area contributed by atoms with Gasteiger partial charge in [-0.25, -0.2) is 4.79 Å². The van der Waals surface area contributed by atoms with Crippen molar-refractivity contribution in [2.45, 2.75) is 0 Å². The van der Waals surface area contributed by atoms with Gasteiger partial charge in [0.15, 0.2) is 6.29 Å². The van der Waals surface area contributed by atoms with Crippen molar-refractivity contribution in [1.82, 2.24) is 0 Å². The average molecular weight is 190 g/mol. The van der Waals surface area contributed by atoms with Crippen molar-refractivity contribution >= 4 is 24.1 Å². The number of aldehydes is 1. The van der Waals surface area contributed by atoms with Crippen LogP contribution >= 0.6 is 0 Å². The Kier molecular flexibility index (Phi) is 3.01. The molecule has 0 saturated heterocycles. The first kappa shape index (κ1) is 9.98. The van der Waals surface area contributed by atoms with Crippen LogP contribution in [0.25, 0.3) is 6.08 Å². The van der Waals surface area contributed by atoms with Gasteiger partial charge in [0.2, 0.25) is 0 Å². The Hall–Kier alpha value is -2.10. The van der Waals surface area contributed by atoms with Crippen LogP contribution in [0.3, 0.4) is 0 Å². The summed E-state index contributed by atoms with van der Waals surface area (Å²) in [5.74, 6) is 0. The summed E-state index contributed by atoms with van der Waals surface area (Å²) < 4.78 is 0. The molecule has 0 unspecified atom stereocenters. The fourth-order valence-electron chi connectivity index (χ4n) is 1.16. The van der Waals surface area contributed by atoms with E-state index in [0.717, 1.165) is 0 Å². The molecule has 3 N–H and O–H groups in total. The number of rotatable bonds is 3. The molecule has 0 aliphatic heterocycles. The lowest BCUT2D eigenvalue weighted by atomic mass is 10.1. The summed E-state index contributed by atoms with van der Waals surface area (Å²) >= 11 is 0. The molecule has 14 heavy (non-hydrogen) atoms. The molecule has 4 heteroatoms. The Morgan fingerprint density at radius 3 is 2.71 bits per heavy atom. The van der Waals surface area contributed by atoms with E-state index < -0.39 is 6.03 Å². The maximum Gasteiger partial charge on any atom is 0.316 e. The largest absolute Gasteiger partial charge is 0.351 e. The first-order valence-corrected chi connectivity index (χ1v) is 3.96. The van der Waals surface area contributed by atoms with Crippen molar-refractivity contribution in [2.75, 3.05) is 5.32 Å². The second kappa shape index (κ2) is 4.23. The highest BCUT2D eigenvalue weighted by Gasteiger charge is 2.05. The van der Waals surface area contributed by atoms with E-state index in [-0.39, 0.29) is 0 Å². The molecule has 0 aromatic heterocycles. The molecule has 0 fully saturated rings. The highest BCUT2D eigenvalue weighted by Crippen LogP contribution is 2.19. The highest BCUT2D eigenvalue weighted by atomic mass is 16.2. The quantitative estimate of drug-likeness (QED) is 0.711. The zero-order chi connectivity index (χ0) is 10.6. The SMILES string of the molecule is C=Cc1c(C=O)cccc1NC(N)=O. The van der Waals surface area contributed by atoms with Crippen LogP contribution in [-0.4, -0.2) is 12.3 Å². The van der Waals surface area contributed by atoms with Gasteiger partial charge >= 0.3 is 6.03 Å². The molecule has 0 aliphatic carbocycles. The fourth-order valence-corrected chi connectivity index (χ4v) is 1.16. The van der Waals surface area contributed by atoms with Crippen LogP contribution < -0.4 is 11.1 Å². The molecule has 0 atom stereocenters. The Morgan fingerprint density at radius 1 is 1.50 bits per heavy atom. The van der Waals surface area contributed by atoms with Gasteiger partial charge in [-0.3, -0.25) is 4.79 Å². The topological polar surface area (TPSA) is 72.2 Å². The monoisotopic (exact) mass is 190 g/mol. The van der Waals surface area contributed by atoms with Gasteiger partial charge in [-0.2, -0.15) is 0 Å². The van der Waals surface area contributed by atoms with Crippen molar-refractivity contribution < 1.29 is 9.59 Å². The molecular formula is C10H10N2O2. The number of hydrogen-bond donors (Lipinski definition) is 2. The smallest absolute Gasteiger partial charge is 0.316 e. The van der Waals surface area contributed by atoms with Gasteiger partial charge < -0.3 is 11.1 Å². The third-order valence-electron chi connectivity index (χ3n) is 1.73. The maximum atomic E-state index is 10.6. The maximum absolute atomic E-state index is 10.6. The number of nitrogens with one attached hydrogen (secondary N) is 1. The number of primary amides is 1. The van der Waals surface area contributed by atoms with Crippen molar-refractivity contribution in [3.8, 4) is 0 Å². The lowest BCUT2D eigenvalue weighted by Crippen LogP contribution is -2.20. The van der Waals surface area contributed by atoms with Crippen molar-refractivity contribution in [2.24, 2.45) is 5.73 Å². The second-order valence-electron chi connectivity index (χ2n) is 2.62. The van der Waals surface area contributed by atoms with Gasteiger partial charge in [0, 0.05) is 11.1 Å². The molecule has 0 bridgehead atoms. The van der Waals surface area contributed by atoms with Crippen LogP contribution in [0.15, 0.2) is 24.8 Å². The molecule has 2 amide bonds. The Bertz CT molecular complexity index is 386. The van der Waals surface area contributed by atoms with Crippen molar-refractivity contribution in [3.05, 3.63) is 35.9 Å². The van der Waals surface area contributed by atoms with E-state index >= 15 is 0 Å². The Labute approximate surface area is 81.4 Å². The summed E-state index contributed by atoms with van der Waals surface area (Å²) in [4.78, 5) is 21.3. The normalized spacial score (nSPS) is 9.14. The number of hydrogen-bond acceptors (Lipinski definition) is 2. The number of carbonyl (C=O) groups excluding carboxylic acids is 2. The molecule has 0 saturated carbocycles. The van der Waals surface area contributed by atoms with E-state index in [1.165, 1.54) is 6.08 Å². The van der Waals surface area contributed by atoms with E-state index in [2.05, 4.69) is 11.9 Å². The number of nitrogens with two attached hydrogens (primary N) is 1. The molecule has 4 nitrogen and oxygen atoms in total. The highest BCUT2D eigenvalue weighted by molar-refractivity contribution is 5.94. The first-order chi connectivity index (χ1) is 6.69. The Morgan fingerprint density at radius 2 is 2.21 bits per heavy atom. The molecule has 0 heterocycles. The van der Waals surface area contributed by atoms with Gasteiger partial charge in [-0.05, 0) is 6.07 Å². The van der Waals surface area contributed by atoms with Gasteiger partial charge in [0.1, 0.15) is 0 Å². The van der Waals surface area contributed by atoms with Crippen LogP contribution in [0.4, 0.5) is 10.5 Å². The number of amides is 2. The number of carbonyl (C=O) groups is 2. The van der Waals surface area contributed by atoms with Gasteiger partial charge in [0.25, 0.3) is 0 Å². The summed E-state index contributed by atoms with van der Waals surface area (Å²) in [6.07, 6.45) is 2.19. The van der Waals surface area contributed by atoms with E-state index in [1.54, 1.807) is 18.2 Å². The molecule has 1 aromatic carbocycles. The molecule has 0 spiro atoms. The van der Waals surface area contributed by atoms with Crippen molar-refractivity contribution in [3.63, 3.8) is 0 Å². The zero-order valence-electron chi connectivity index (χ0n) is 7.49. The Balaban J connectivity index is 3.21. The lowest BCUT2D eigenvalue weighted by Gasteiger charge is -2.07. The average Bonchev–Trinajstić information content (AvgIpc) is 2.16. The van der Waals surface area contributed by atoms with Crippen molar-refractivity contribution in [1.29, 1.82) is 0 Å². The summed E-state index contributed by atoms with van der Waals surface area (Å²) in [5, 5.41) is 2.41. The van der Waals surface area contributed by atoms with Gasteiger partial charge in [-0.15, -0.1) is 0 Å². The molecule has 1 aromatic rings. The molecule has 0 aliphatic rings.